The Hall–Kier alpha value is -2.73. The Morgan fingerprint density at radius 1 is 1.22 bits per heavy atom. The molecule has 0 aliphatic carbocycles. The minimum Gasteiger partial charge on any atom is -0.478 e. The molecule has 1 aliphatic rings. The average Bonchev–Trinajstić information content (AvgIpc) is 2.54. The molecule has 2 aromatic rings. The molecule has 1 aromatic carbocycles. The van der Waals surface area contributed by atoms with Gasteiger partial charge >= 0.3 is 5.97 Å². The van der Waals surface area contributed by atoms with Crippen molar-refractivity contribution in [2.24, 2.45) is 5.73 Å². The van der Waals surface area contributed by atoms with Crippen LogP contribution in [0.3, 0.4) is 0 Å². The van der Waals surface area contributed by atoms with E-state index in [4.69, 9.17) is 5.73 Å². The highest BCUT2D eigenvalue weighted by Gasteiger charge is 2.31. The number of aromatic carboxylic acids is 1. The lowest BCUT2D eigenvalue weighted by Crippen LogP contribution is -2.48. The quantitative estimate of drug-likeness (QED) is 0.884. The van der Waals surface area contributed by atoms with E-state index < -0.39 is 17.9 Å². The number of nitrogens with zero attached hydrogens (tertiary/aromatic N) is 2. The zero-order chi connectivity index (χ0) is 16.4. The summed E-state index contributed by atoms with van der Waals surface area (Å²) in [6.45, 7) is 0.809. The van der Waals surface area contributed by atoms with Gasteiger partial charge in [0.2, 0.25) is 5.91 Å². The number of benzene rings is 1. The number of pyridine rings is 1. The molecule has 3 N–H and O–H groups in total. The Balaban J connectivity index is 1.92. The molecule has 1 unspecified atom stereocenters. The fourth-order valence-corrected chi connectivity index (χ4v) is 2.97. The van der Waals surface area contributed by atoms with Gasteiger partial charge in [0.15, 0.2) is 0 Å². The van der Waals surface area contributed by atoms with Crippen LogP contribution in [-0.4, -0.2) is 32.9 Å². The van der Waals surface area contributed by atoms with Gasteiger partial charge in [-0.1, -0.05) is 24.3 Å². The minimum absolute atomic E-state index is 0.148. The fraction of sp³-hybridized carbons (Fsp3) is 0.235. The lowest BCUT2D eigenvalue weighted by atomic mass is 9.93. The van der Waals surface area contributed by atoms with Gasteiger partial charge in [-0.2, -0.15) is 0 Å². The summed E-state index contributed by atoms with van der Waals surface area (Å²) in [5.74, 6) is -1.44. The third kappa shape index (κ3) is 3.07. The van der Waals surface area contributed by atoms with Crippen LogP contribution in [0.25, 0.3) is 0 Å². The molecule has 1 amide bonds. The van der Waals surface area contributed by atoms with Gasteiger partial charge in [0.05, 0.1) is 17.3 Å². The molecular formula is C17H17N3O3. The topological polar surface area (TPSA) is 96.5 Å². The van der Waals surface area contributed by atoms with Crippen LogP contribution in [0.1, 0.15) is 27.2 Å². The van der Waals surface area contributed by atoms with Gasteiger partial charge < -0.3 is 10.8 Å². The first kappa shape index (κ1) is 15.2. The van der Waals surface area contributed by atoms with E-state index >= 15 is 0 Å². The van der Waals surface area contributed by atoms with Crippen molar-refractivity contribution in [1.82, 2.24) is 9.88 Å². The van der Waals surface area contributed by atoms with E-state index in [9.17, 15) is 14.7 Å². The number of carbonyl (C=O) groups is 2. The van der Waals surface area contributed by atoms with Gasteiger partial charge in [0, 0.05) is 19.3 Å². The number of hydrogen-bond donors (Lipinski definition) is 2. The SMILES string of the molecule is NC(=O)C1Cc2ccccc2CN1Cc1ncccc1C(=O)O. The maximum atomic E-state index is 11.8. The Bertz CT molecular complexity index is 760. The van der Waals surface area contributed by atoms with E-state index in [2.05, 4.69) is 4.98 Å². The van der Waals surface area contributed by atoms with Crippen LogP contribution in [0.4, 0.5) is 0 Å². The maximum absolute atomic E-state index is 11.8. The summed E-state index contributed by atoms with van der Waals surface area (Å²) < 4.78 is 0. The predicted molar refractivity (Wildman–Crippen MR) is 83.6 cm³/mol. The van der Waals surface area contributed by atoms with E-state index in [0.717, 1.165) is 11.1 Å². The van der Waals surface area contributed by atoms with Crippen LogP contribution in [0.15, 0.2) is 42.6 Å². The monoisotopic (exact) mass is 311 g/mol. The van der Waals surface area contributed by atoms with Gasteiger partial charge in [-0.15, -0.1) is 0 Å². The number of nitrogens with two attached hydrogens (primary N) is 1. The molecule has 1 atom stereocenters. The number of amides is 1. The van der Waals surface area contributed by atoms with Crippen molar-refractivity contribution >= 4 is 11.9 Å². The molecule has 0 fully saturated rings. The van der Waals surface area contributed by atoms with Crippen molar-refractivity contribution in [2.75, 3.05) is 0 Å². The number of fused-ring (bicyclic) bond motifs is 1. The Morgan fingerprint density at radius 2 is 1.96 bits per heavy atom. The smallest absolute Gasteiger partial charge is 0.337 e. The van der Waals surface area contributed by atoms with Crippen LogP contribution in [0.2, 0.25) is 0 Å². The summed E-state index contributed by atoms with van der Waals surface area (Å²) in [6, 6.07) is 10.5. The van der Waals surface area contributed by atoms with Crippen LogP contribution < -0.4 is 5.73 Å². The lowest BCUT2D eigenvalue weighted by molar-refractivity contribution is -0.124. The van der Waals surface area contributed by atoms with E-state index in [1.54, 1.807) is 12.3 Å². The zero-order valence-electron chi connectivity index (χ0n) is 12.5. The summed E-state index contributed by atoms with van der Waals surface area (Å²) in [5.41, 5.74) is 8.36. The highest BCUT2D eigenvalue weighted by Crippen LogP contribution is 2.25. The Morgan fingerprint density at radius 3 is 2.65 bits per heavy atom. The average molecular weight is 311 g/mol. The van der Waals surface area contributed by atoms with Gasteiger partial charge in [-0.3, -0.25) is 14.7 Å². The number of aromatic nitrogens is 1. The second kappa shape index (κ2) is 6.18. The largest absolute Gasteiger partial charge is 0.478 e. The molecular weight excluding hydrogens is 294 g/mol. The van der Waals surface area contributed by atoms with E-state index in [0.29, 0.717) is 18.7 Å². The third-order valence-corrected chi connectivity index (χ3v) is 4.15. The van der Waals surface area contributed by atoms with Crippen molar-refractivity contribution in [3.05, 3.63) is 65.0 Å². The first-order valence-corrected chi connectivity index (χ1v) is 7.33. The second-order valence-corrected chi connectivity index (χ2v) is 5.60. The van der Waals surface area contributed by atoms with Crippen molar-refractivity contribution in [2.45, 2.75) is 25.6 Å². The molecule has 23 heavy (non-hydrogen) atoms. The normalized spacial score (nSPS) is 17.5. The molecule has 6 nitrogen and oxygen atoms in total. The summed E-state index contributed by atoms with van der Waals surface area (Å²) in [7, 11) is 0. The number of primary amides is 1. The molecule has 0 bridgehead atoms. The molecule has 0 saturated carbocycles. The predicted octanol–water partition coefficient (Wildman–Crippen LogP) is 1.19. The number of carboxylic acid groups (broad SMARTS) is 1. The van der Waals surface area contributed by atoms with E-state index in [1.807, 2.05) is 29.2 Å². The van der Waals surface area contributed by atoms with Gasteiger partial charge in [0.1, 0.15) is 0 Å². The maximum Gasteiger partial charge on any atom is 0.337 e. The van der Waals surface area contributed by atoms with Crippen LogP contribution in [-0.2, 0) is 24.3 Å². The standard InChI is InChI=1S/C17H17N3O3/c18-16(21)15-8-11-4-1-2-5-12(11)9-20(15)10-14-13(17(22)23)6-3-7-19-14/h1-7,15H,8-10H2,(H2,18,21)(H,22,23). The third-order valence-electron chi connectivity index (χ3n) is 4.15. The van der Waals surface area contributed by atoms with Crippen molar-refractivity contribution < 1.29 is 14.7 Å². The molecule has 1 aliphatic heterocycles. The molecule has 1 aromatic heterocycles. The summed E-state index contributed by atoms with van der Waals surface area (Å²) in [5, 5.41) is 9.28. The van der Waals surface area contributed by atoms with E-state index in [1.165, 1.54) is 6.07 Å². The summed E-state index contributed by atoms with van der Waals surface area (Å²) >= 11 is 0. The van der Waals surface area contributed by atoms with Gasteiger partial charge in [0.25, 0.3) is 0 Å². The molecule has 0 radical (unpaired) electrons. The van der Waals surface area contributed by atoms with Crippen LogP contribution >= 0.6 is 0 Å². The highest BCUT2D eigenvalue weighted by molar-refractivity contribution is 5.88. The summed E-state index contributed by atoms with van der Waals surface area (Å²) in [4.78, 5) is 29.2. The number of carboxylic acids is 1. The molecule has 0 spiro atoms. The molecule has 6 heteroatoms. The molecule has 0 saturated heterocycles. The molecule has 2 heterocycles. The first-order valence-electron chi connectivity index (χ1n) is 7.33. The Labute approximate surface area is 133 Å². The number of rotatable bonds is 4. The van der Waals surface area contributed by atoms with Crippen molar-refractivity contribution in [1.29, 1.82) is 0 Å². The summed E-state index contributed by atoms with van der Waals surface area (Å²) in [6.07, 6.45) is 2.08. The van der Waals surface area contributed by atoms with Crippen molar-refractivity contribution in [3.63, 3.8) is 0 Å². The minimum atomic E-state index is -1.03. The van der Waals surface area contributed by atoms with Crippen LogP contribution in [0.5, 0.6) is 0 Å². The zero-order valence-corrected chi connectivity index (χ0v) is 12.5. The van der Waals surface area contributed by atoms with Crippen LogP contribution in [0, 0.1) is 0 Å². The second-order valence-electron chi connectivity index (χ2n) is 5.60. The fourth-order valence-electron chi connectivity index (χ4n) is 2.97. The lowest BCUT2D eigenvalue weighted by Gasteiger charge is -2.35. The molecule has 3 rings (SSSR count). The Kier molecular flexibility index (Phi) is 4.08. The van der Waals surface area contributed by atoms with E-state index in [-0.39, 0.29) is 12.1 Å². The highest BCUT2D eigenvalue weighted by atomic mass is 16.4. The number of carbonyl (C=O) groups excluding carboxylic acids is 1. The van der Waals surface area contributed by atoms with Gasteiger partial charge in [-0.05, 0) is 29.7 Å². The first-order chi connectivity index (χ1) is 11.1. The van der Waals surface area contributed by atoms with Crippen molar-refractivity contribution in [3.8, 4) is 0 Å². The van der Waals surface area contributed by atoms with Gasteiger partial charge in [-0.25, -0.2) is 4.79 Å². The molecule has 118 valence electrons. The number of hydrogen-bond acceptors (Lipinski definition) is 4.